The first-order chi connectivity index (χ1) is 5.37. The second kappa shape index (κ2) is 2.82. The quantitative estimate of drug-likeness (QED) is 0.607. The summed E-state index contributed by atoms with van der Waals surface area (Å²) in [4.78, 5) is 11.4. The molecule has 0 aliphatic carbocycles. The van der Waals surface area contributed by atoms with Crippen LogP contribution in [0.2, 0.25) is 0 Å². The summed E-state index contributed by atoms with van der Waals surface area (Å²) in [5.41, 5.74) is -0.300. The normalized spacial score (nSPS) is 35.2. The predicted octanol–water partition coefficient (Wildman–Crippen LogP) is 0.653. The molecule has 0 aromatic rings. The minimum Gasteiger partial charge on any atom is -0.302 e. The van der Waals surface area contributed by atoms with Crippen molar-refractivity contribution in [1.82, 2.24) is 10.6 Å². The third-order valence-corrected chi connectivity index (χ3v) is 2.36. The van der Waals surface area contributed by atoms with E-state index >= 15 is 0 Å². The first kappa shape index (κ1) is 9.68. The minimum atomic E-state index is -0.223. The van der Waals surface area contributed by atoms with Gasteiger partial charge in [0.1, 0.15) is 5.78 Å². The number of piperidine rings is 1. The summed E-state index contributed by atoms with van der Waals surface area (Å²) in [7, 11) is 1.88. The van der Waals surface area contributed by atoms with E-state index in [-0.39, 0.29) is 11.2 Å². The molecule has 0 amide bonds. The molecule has 1 rings (SSSR count). The standard InChI is InChI=1S/C9H18N2O/c1-8(2)5-7(12)6-9(3,10-4)11-8/h10-11H,5-6H2,1-4H3. The lowest BCUT2D eigenvalue weighted by molar-refractivity contribution is -0.125. The Labute approximate surface area is 73.9 Å². The SMILES string of the molecule is CNC1(C)CC(=O)CC(C)(C)N1. The van der Waals surface area contributed by atoms with Crippen molar-refractivity contribution in [3.05, 3.63) is 0 Å². The zero-order chi connectivity index (χ0) is 9.41. The van der Waals surface area contributed by atoms with Gasteiger partial charge in [-0.1, -0.05) is 0 Å². The molecule has 70 valence electrons. The van der Waals surface area contributed by atoms with Gasteiger partial charge in [0.05, 0.1) is 5.66 Å². The van der Waals surface area contributed by atoms with E-state index in [4.69, 9.17) is 0 Å². The number of carbonyl (C=O) groups is 1. The van der Waals surface area contributed by atoms with Gasteiger partial charge in [-0.25, -0.2) is 0 Å². The van der Waals surface area contributed by atoms with Gasteiger partial charge in [0.2, 0.25) is 0 Å². The van der Waals surface area contributed by atoms with Crippen LogP contribution in [0.1, 0.15) is 33.6 Å². The molecular weight excluding hydrogens is 152 g/mol. The second-order valence-electron chi connectivity index (χ2n) is 4.48. The Kier molecular flexibility index (Phi) is 2.27. The molecule has 0 bridgehead atoms. The fraction of sp³-hybridized carbons (Fsp3) is 0.889. The van der Waals surface area contributed by atoms with Gasteiger partial charge < -0.3 is 5.32 Å². The summed E-state index contributed by atoms with van der Waals surface area (Å²) in [6.07, 6.45) is 1.21. The zero-order valence-electron chi connectivity index (χ0n) is 8.32. The summed E-state index contributed by atoms with van der Waals surface area (Å²) in [5.74, 6) is 0.329. The van der Waals surface area contributed by atoms with Crippen molar-refractivity contribution in [2.75, 3.05) is 7.05 Å². The number of hydrogen-bond donors (Lipinski definition) is 2. The highest BCUT2D eigenvalue weighted by atomic mass is 16.1. The van der Waals surface area contributed by atoms with Crippen LogP contribution in [0.25, 0.3) is 0 Å². The van der Waals surface area contributed by atoms with Crippen molar-refractivity contribution < 1.29 is 4.79 Å². The summed E-state index contributed by atoms with van der Waals surface area (Å²) in [6, 6.07) is 0. The number of carbonyl (C=O) groups excluding carboxylic acids is 1. The van der Waals surface area contributed by atoms with Crippen molar-refractivity contribution in [2.45, 2.75) is 44.8 Å². The van der Waals surface area contributed by atoms with Gasteiger partial charge in [-0.05, 0) is 27.8 Å². The third kappa shape index (κ3) is 2.05. The van der Waals surface area contributed by atoms with Crippen LogP contribution in [0.15, 0.2) is 0 Å². The van der Waals surface area contributed by atoms with Gasteiger partial charge in [0.25, 0.3) is 0 Å². The summed E-state index contributed by atoms with van der Waals surface area (Å²) >= 11 is 0. The van der Waals surface area contributed by atoms with Crippen molar-refractivity contribution in [2.24, 2.45) is 0 Å². The van der Waals surface area contributed by atoms with Crippen molar-refractivity contribution in [3.8, 4) is 0 Å². The molecule has 12 heavy (non-hydrogen) atoms. The molecule has 0 saturated carbocycles. The number of ketones is 1. The Morgan fingerprint density at radius 2 is 1.92 bits per heavy atom. The largest absolute Gasteiger partial charge is 0.302 e. The van der Waals surface area contributed by atoms with Crippen LogP contribution < -0.4 is 10.6 Å². The van der Waals surface area contributed by atoms with E-state index in [0.29, 0.717) is 18.6 Å². The zero-order valence-corrected chi connectivity index (χ0v) is 8.32. The molecule has 1 unspecified atom stereocenters. The lowest BCUT2D eigenvalue weighted by Crippen LogP contribution is -2.65. The molecule has 0 aromatic heterocycles. The lowest BCUT2D eigenvalue weighted by Gasteiger charge is -2.43. The first-order valence-electron chi connectivity index (χ1n) is 4.37. The van der Waals surface area contributed by atoms with Crippen LogP contribution in [-0.2, 0) is 4.79 Å². The van der Waals surface area contributed by atoms with E-state index in [9.17, 15) is 4.79 Å². The van der Waals surface area contributed by atoms with Gasteiger partial charge in [-0.3, -0.25) is 10.1 Å². The third-order valence-electron chi connectivity index (χ3n) is 2.36. The maximum Gasteiger partial charge on any atom is 0.137 e. The van der Waals surface area contributed by atoms with Crippen LogP contribution in [0.5, 0.6) is 0 Å². The Hall–Kier alpha value is -0.410. The topological polar surface area (TPSA) is 41.1 Å². The molecule has 1 fully saturated rings. The van der Waals surface area contributed by atoms with E-state index in [1.807, 2.05) is 14.0 Å². The average molecular weight is 170 g/mol. The molecule has 1 atom stereocenters. The molecule has 1 aliphatic heterocycles. The fourth-order valence-corrected chi connectivity index (χ4v) is 1.94. The molecule has 3 nitrogen and oxygen atoms in total. The molecule has 0 aromatic carbocycles. The Balaban J connectivity index is 2.76. The van der Waals surface area contributed by atoms with Gasteiger partial charge in [-0.2, -0.15) is 0 Å². The van der Waals surface area contributed by atoms with Crippen LogP contribution >= 0.6 is 0 Å². The molecule has 1 aliphatic rings. The number of hydrogen-bond acceptors (Lipinski definition) is 3. The molecule has 2 N–H and O–H groups in total. The Morgan fingerprint density at radius 1 is 1.33 bits per heavy atom. The summed E-state index contributed by atoms with van der Waals surface area (Å²) in [6.45, 7) is 6.13. The van der Waals surface area contributed by atoms with Gasteiger partial charge in [-0.15, -0.1) is 0 Å². The van der Waals surface area contributed by atoms with Crippen LogP contribution in [0, 0.1) is 0 Å². The van der Waals surface area contributed by atoms with E-state index in [0.717, 1.165) is 0 Å². The summed E-state index contributed by atoms with van der Waals surface area (Å²) in [5, 5.41) is 6.55. The lowest BCUT2D eigenvalue weighted by atomic mass is 9.85. The van der Waals surface area contributed by atoms with Gasteiger partial charge >= 0.3 is 0 Å². The molecule has 0 spiro atoms. The van der Waals surface area contributed by atoms with Crippen molar-refractivity contribution in [3.63, 3.8) is 0 Å². The maximum atomic E-state index is 11.4. The second-order valence-corrected chi connectivity index (χ2v) is 4.48. The molecular formula is C9H18N2O. The highest BCUT2D eigenvalue weighted by Crippen LogP contribution is 2.23. The first-order valence-corrected chi connectivity index (χ1v) is 4.37. The van der Waals surface area contributed by atoms with Crippen LogP contribution in [0.4, 0.5) is 0 Å². The van der Waals surface area contributed by atoms with E-state index in [1.54, 1.807) is 0 Å². The molecule has 1 saturated heterocycles. The Morgan fingerprint density at radius 3 is 2.33 bits per heavy atom. The minimum absolute atomic E-state index is 0.0763. The van der Waals surface area contributed by atoms with E-state index < -0.39 is 0 Å². The maximum absolute atomic E-state index is 11.4. The number of rotatable bonds is 1. The fourth-order valence-electron chi connectivity index (χ4n) is 1.94. The highest BCUT2D eigenvalue weighted by Gasteiger charge is 2.38. The Bertz CT molecular complexity index is 201. The molecule has 3 heteroatoms. The van der Waals surface area contributed by atoms with E-state index in [2.05, 4.69) is 24.5 Å². The monoisotopic (exact) mass is 170 g/mol. The van der Waals surface area contributed by atoms with E-state index in [1.165, 1.54) is 0 Å². The molecule has 0 radical (unpaired) electrons. The van der Waals surface area contributed by atoms with Crippen molar-refractivity contribution in [1.29, 1.82) is 0 Å². The molecule has 1 heterocycles. The van der Waals surface area contributed by atoms with Crippen LogP contribution in [0.3, 0.4) is 0 Å². The van der Waals surface area contributed by atoms with Gasteiger partial charge in [0.15, 0.2) is 0 Å². The predicted molar refractivity (Wildman–Crippen MR) is 48.9 cm³/mol. The van der Waals surface area contributed by atoms with Gasteiger partial charge in [0, 0.05) is 18.4 Å². The summed E-state index contributed by atoms with van der Waals surface area (Å²) < 4.78 is 0. The number of Topliss-reactive ketones (excluding diaryl/α,β-unsaturated/α-hetero) is 1. The number of nitrogens with one attached hydrogen (secondary N) is 2. The average Bonchev–Trinajstić information content (AvgIpc) is 1.82. The smallest absolute Gasteiger partial charge is 0.137 e. The van der Waals surface area contributed by atoms with Crippen LogP contribution in [-0.4, -0.2) is 24.0 Å². The highest BCUT2D eigenvalue weighted by molar-refractivity contribution is 5.81. The van der Waals surface area contributed by atoms with Crippen molar-refractivity contribution >= 4 is 5.78 Å².